The van der Waals surface area contributed by atoms with Gasteiger partial charge in [0.15, 0.2) is 0 Å². The van der Waals surface area contributed by atoms with Gasteiger partial charge in [-0.15, -0.1) is 0 Å². The zero-order valence-corrected chi connectivity index (χ0v) is 18.8. The lowest BCUT2D eigenvalue weighted by atomic mass is 9.91. The fourth-order valence-corrected chi connectivity index (χ4v) is 3.88. The minimum atomic E-state index is -0.402. The minimum Gasteiger partial charge on any atom is -0.496 e. The van der Waals surface area contributed by atoms with Gasteiger partial charge in [0, 0.05) is 36.7 Å². The summed E-state index contributed by atoms with van der Waals surface area (Å²) in [4.78, 5) is 27.0. The van der Waals surface area contributed by atoms with Crippen molar-refractivity contribution in [3.8, 4) is 11.5 Å². The fraction of sp³-hybridized carbons (Fsp3) is 0.565. The third kappa shape index (κ3) is 4.61. The number of methoxy groups -OCH3 is 1. The molecule has 0 saturated carbocycles. The van der Waals surface area contributed by atoms with Gasteiger partial charge in [0.1, 0.15) is 22.7 Å². The monoisotopic (exact) mass is 416 g/mol. The number of carbonyl (C=O) groups is 1. The second kappa shape index (κ2) is 8.68. The third-order valence-corrected chi connectivity index (χ3v) is 5.64. The average Bonchev–Trinajstić information content (AvgIpc) is 2.65. The molecule has 164 valence electrons. The van der Waals surface area contributed by atoms with Gasteiger partial charge in [-0.1, -0.05) is 0 Å². The van der Waals surface area contributed by atoms with Gasteiger partial charge >= 0.3 is 5.63 Å². The second-order valence-corrected chi connectivity index (χ2v) is 8.77. The first kappa shape index (κ1) is 22.2. The Labute approximate surface area is 177 Å². The smallest absolute Gasteiger partial charge is 0.339 e. The summed E-state index contributed by atoms with van der Waals surface area (Å²) >= 11 is 0. The Kier molecular flexibility index (Phi) is 6.41. The summed E-state index contributed by atoms with van der Waals surface area (Å²) in [6.45, 7) is 7.32. The van der Waals surface area contributed by atoms with E-state index in [0.717, 1.165) is 35.9 Å². The Morgan fingerprint density at radius 1 is 1.33 bits per heavy atom. The lowest BCUT2D eigenvalue weighted by Gasteiger charge is -2.33. The number of rotatable bonds is 7. The molecule has 0 unspecified atom stereocenters. The van der Waals surface area contributed by atoms with E-state index in [1.54, 1.807) is 7.11 Å². The van der Waals surface area contributed by atoms with Gasteiger partial charge in [-0.3, -0.25) is 4.79 Å². The van der Waals surface area contributed by atoms with Crippen molar-refractivity contribution in [3.05, 3.63) is 33.2 Å². The first-order chi connectivity index (χ1) is 14.1. The van der Waals surface area contributed by atoms with Gasteiger partial charge in [-0.05, 0) is 59.7 Å². The molecule has 1 aromatic carbocycles. The Morgan fingerprint density at radius 2 is 2.07 bits per heavy atom. The van der Waals surface area contributed by atoms with E-state index in [4.69, 9.17) is 13.9 Å². The molecule has 2 aromatic rings. The molecule has 0 fully saturated rings. The highest BCUT2D eigenvalue weighted by atomic mass is 16.5. The molecule has 7 heteroatoms. The van der Waals surface area contributed by atoms with E-state index in [-0.39, 0.29) is 17.9 Å². The number of carbonyl (C=O) groups excluding carboxylic acids is 1. The molecule has 0 saturated heterocycles. The van der Waals surface area contributed by atoms with Crippen LogP contribution in [0.2, 0.25) is 0 Å². The van der Waals surface area contributed by atoms with Crippen LogP contribution in [0.3, 0.4) is 0 Å². The van der Waals surface area contributed by atoms with E-state index in [1.165, 1.54) is 0 Å². The molecule has 1 amide bonds. The van der Waals surface area contributed by atoms with Crippen molar-refractivity contribution in [2.24, 2.45) is 0 Å². The topological polar surface area (TPSA) is 81.0 Å². The summed E-state index contributed by atoms with van der Waals surface area (Å²) in [5.74, 6) is 1.23. The zero-order valence-electron chi connectivity index (χ0n) is 18.8. The number of amides is 1. The number of ether oxygens (including phenoxy) is 2. The van der Waals surface area contributed by atoms with Crippen molar-refractivity contribution in [3.63, 3.8) is 0 Å². The van der Waals surface area contributed by atoms with Crippen molar-refractivity contribution < 1.29 is 18.7 Å². The number of nitrogens with zero attached hydrogens (tertiary/aromatic N) is 1. The van der Waals surface area contributed by atoms with Crippen LogP contribution in [0.25, 0.3) is 11.0 Å². The maximum atomic E-state index is 12.8. The van der Waals surface area contributed by atoms with Gasteiger partial charge in [0.2, 0.25) is 5.91 Å². The SMILES string of the molecule is COc1cc2c(c3oc(=O)c(CCC(=O)NCCN(C)C)c(C)c13)CCC(C)(C)O2. The van der Waals surface area contributed by atoms with Crippen molar-refractivity contribution in [2.75, 3.05) is 34.3 Å². The number of benzene rings is 1. The summed E-state index contributed by atoms with van der Waals surface area (Å²) in [6, 6.07) is 1.88. The molecule has 1 aromatic heterocycles. The quantitative estimate of drug-likeness (QED) is 0.699. The number of aryl methyl sites for hydroxylation is 2. The lowest BCUT2D eigenvalue weighted by Crippen LogP contribution is -2.32. The molecular formula is C23H32N2O5. The maximum absolute atomic E-state index is 12.8. The Morgan fingerprint density at radius 3 is 2.73 bits per heavy atom. The van der Waals surface area contributed by atoms with Crippen LogP contribution in [0.1, 0.15) is 43.4 Å². The third-order valence-electron chi connectivity index (χ3n) is 5.64. The first-order valence-electron chi connectivity index (χ1n) is 10.4. The minimum absolute atomic E-state index is 0.0798. The summed E-state index contributed by atoms with van der Waals surface area (Å²) in [5.41, 5.74) is 2.06. The molecule has 0 radical (unpaired) electrons. The molecule has 0 atom stereocenters. The van der Waals surface area contributed by atoms with Crippen LogP contribution in [-0.2, 0) is 17.6 Å². The molecular weight excluding hydrogens is 384 g/mol. The summed E-state index contributed by atoms with van der Waals surface area (Å²) < 4.78 is 17.5. The number of fused-ring (bicyclic) bond motifs is 3. The molecule has 0 bridgehead atoms. The Balaban J connectivity index is 1.93. The van der Waals surface area contributed by atoms with Crippen LogP contribution in [0.5, 0.6) is 11.5 Å². The van der Waals surface area contributed by atoms with Crippen molar-refractivity contribution >= 4 is 16.9 Å². The Bertz CT molecular complexity index is 1010. The number of likely N-dealkylation sites (N-methyl/N-ethyl adjacent to an activating group) is 1. The maximum Gasteiger partial charge on any atom is 0.339 e. The first-order valence-corrected chi connectivity index (χ1v) is 10.4. The molecule has 2 heterocycles. The molecule has 1 aliphatic heterocycles. The van der Waals surface area contributed by atoms with E-state index in [9.17, 15) is 9.59 Å². The van der Waals surface area contributed by atoms with Crippen LogP contribution in [0.15, 0.2) is 15.3 Å². The van der Waals surface area contributed by atoms with Gasteiger partial charge in [-0.2, -0.15) is 0 Å². The van der Waals surface area contributed by atoms with Crippen LogP contribution >= 0.6 is 0 Å². The highest BCUT2D eigenvalue weighted by molar-refractivity contribution is 5.92. The molecule has 1 N–H and O–H groups in total. The van der Waals surface area contributed by atoms with Gasteiger partial charge in [0.25, 0.3) is 0 Å². The van der Waals surface area contributed by atoms with E-state index in [1.807, 2.05) is 45.8 Å². The predicted molar refractivity (Wildman–Crippen MR) is 117 cm³/mol. The van der Waals surface area contributed by atoms with Crippen LogP contribution in [0.4, 0.5) is 0 Å². The van der Waals surface area contributed by atoms with Crippen molar-refractivity contribution in [1.82, 2.24) is 10.2 Å². The van der Waals surface area contributed by atoms with E-state index in [0.29, 0.717) is 35.6 Å². The van der Waals surface area contributed by atoms with Crippen molar-refractivity contribution in [1.29, 1.82) is 0 Å². The number of nitrogens with one attached hydrogen (secondary N) is 1. The summed E-state index contributed by atoms with van der Waals surface area (Å²) in [7, 11) is 5.50. The van der Waals surface area contributed by atoms with Gasteiger partial charge < -0.3 is 24.1 Å². The average molecular weight is 417 g/mol. The van der Waals surface area contributed by atoms with Gasteiger partial charge in [0.05, 0.1) is 12.5 Å². The number of hydrogen-bond acceptors (Lipinski definition) is 6. The highest BCUT2D eigenvalue weighted by Crippen LogP contribution is 2.43. The zero-order chi connectivity index (χ0) is 22.1. The highest BCUT2D eigenvalue weighted by Gasteiger charge is 2.31. The molecule has 30 heavy (non-hydrogen) atoms. The molecule has 3 rings (SSSR count). The second-order valence-electron chi connectivity index (χ2n) is 8.77. The van der Waals surface area contributed by atoms with Gasteiger partial charge in [-0.25, -0.2) is 4.79 Å². The van der Waals surface area contributed by atoms with Crippen LogP contribution in [-0.4, -0.2) is 50.7 Å². The van der Waals surface area contributed by atoms with Crippen molar-refractivity contribution in [2.45, 2.75) is 52.1 Å². The van der Waals surface area contributed by atoms with Crippen LogP contribution < -0.4 is 20.4 Å². The molecule has 0 aliphatic carbocycles. The normalized spacial score (nSPS) is 15.0. The van der Waals surface area contributed by atoms with E-state index in [2.05, 4.69) is 5.32 Å². The summed E-state index contributed by atoms with van der Waals surface area (Å²) in [5, 5.41) is 3.66. The van der Waals surface area contributed by atoms with E-state index >= 15 is 0 Å². The fourth-order valence-electron chi connectivity index (χ4n) is 3.88. The standard InChI is InChI=1S/C23H32N2O5/c1-14-15(7-8-19(26)24-11-12-25(4)5)22(27)29-21-16-9-10-23(2,3)30-17(16)13-18(28-6)20(14)21/h13H,7-12H2,1-6H3,(H,24,26). The molecule has 1 aliphatic rings. The van der Waals surface area contributed by atoms with E-state index < -0.39 is 5.63 Å². The largest absolute Gasteiger partial charge is 0.496 e. The predicted octanol–water partition coefficient (Wildman–Crippen LogP) is 2.82. The lowest BCUT2D eigenvalue weighted by molar-refractivity contribution is -0.121. The number of hydrogen-bond donors (Lipinski definition) is 1. The summed E-state index contributed by atoms with van der Waals surface area (Å²) in [6.07, 6.45) is 2.15. The van der Waals surface area contributed by atoms with Crippen LogP contribution in [0, 0.1) is 6.92 Å². The molecule has 0 spiro atoms. The Hall–Kier alpha value is -2.54. The molecule has 7 nitrogen and oxygen atoms in total.